The predicted molar refractivity (Wildman–Crippen MR) is 265 cm³/mol. The van der Waals surface area contributed by atoms with E-state index in [9.17, 15) is 0 Å². The number of pyridine rings is 1. The molecule has 0 fully saturated rings. The molecule has 13 rings (SSSR count). The molecule has 0 spiro atoms. The molecular formula is C58H39N6OPt-3. The standard InChI is InChI=1S/C58H39N6O.Pt/c1-38-33-57(64-53-26-12-7-21-46(53)47-30-29-41(35-56(47)64)65-40-16-13-15-39(34-40)61-32-31-60(2)37-61)59-36-48(38)58-54(62-49-22-8-3-17-42(49)43-18-4-9-23-50(43)62)27-14-28-55(58)63-51-24-10-5-19-44(51)45-20-6-11-25-52(45)63;/h3-33,36-37H,1-2H3;/q-3;. The van der Waals surface area contributed by atoms with Gasteiger partial charge in [0.25, 0.3) is 0 Å². The van der Waals surface area contributed by atoms with Crippen molar-refractivity contribution in [2.75, 3.05) is 11.9 Å². The first-order valence-corrected chi connectivity index (χ1v) is 21.8. The van der Waals surface area contributed by atoms with Gasteiger partial charge in [-0.1, -0.05) is 103 Å². The first-order valence-electron chi connectivity index (χ1n) is 21.8. The minimum absolute atomic E-state index is 0. The maximum atomic E-state index is 6.49. The van der Waals surface area contributed by atoms with Gasteiger partial charge in [-0.2, -0.15) is 18.8 Å². The van der Waals surface area contributed by atoms with E-state index in [0.717, 1.165) is 83.4 Å². The molecule has 66 heavy (non-hydrogen) atoms. The van der Waals surface area contributed by atoms with Crippen LogP contribution in [0.2, 0.25) is 0 Å². The molecule has 0 radical (unpaired) electrons. The first-order chi connectivity index (χ1) is 32.1. The summed E-state index contributed by atoms with van der Waals surface area (Å²) in [5.74, 6) is 2.00. The zero-order valence-corrected chi connectivity index (χ0v) is 38.2. The van der Waals surface area contributed by atoms with Crippen LogP contribution >= 0.6 is 0 Å². The molecular weight excluding hydrogens is 992 g/mol. The van der Waals surface area contributed by atoms with Gasteiger partial charge in [-0.3, -0.25) is 0 Å². The molecule has 12 aromatic rings. The Morgan fingerprint density at radius 1 is 0.500 bits per heavy atom. The van der Waals surface area contributed by atoms with Gasteiger partial charge < -0.3 is 28.2 Å². The fraction of sp³-hybridized carbons (Fsp3) is 0.0345. The molecule has 1 aliphatic heterocycles. The number of aryl methyl sites for hydroxylation is 1. The van der Waals surface area contributed by atoms with Gasteiger partial charge in [0, 0.05) is 76.9 Å². The van der Waals surface area contributed by atoms with Crippen LogP contribution in [0.5, 0.6) is 11.5 Å². The molecule has 1 aliphatic rings. The fourth-order valence-electron chi connectivity index (χ4n) is 10.00. The fourth-order valence-corrected chi connectivity index (χ4v) is 10.00. The van der Waals surface area contributed by atoms with E-state index in [1.807, 2.05) is 60.2 Å². The van der Waals surface area contributed by atoms with Crippen molar-refractivity contribution in [1.82, 2.24) is 23.6 Å². The van der Waals surface area contributed by atoms with Crippen LogP contribution in [0.1, 0.15) is 5.56 Å². The number of hydrogen-bond donors (Lipinski definition) is 0. The van der Waals surface area contributed by atoms with E-state index < -0.39 is 0 Å². The number of anilines is 1. The average Bonchev–Trinajstić information content (AvgIpc) is 4.11. The van der Waals surface area contributed by atoms with E-state index in [1.54, 1.807) is 0 Å². The van der Waals surface area contributed by atoms with Crippen LogP contribution in [0.25, 0.3) is 93.7 Å². The van der Waals surface area contributed by atoms with Gasteiger partial charge >= 0.3 is 0 Å². The maximum absolute atomic E-state index is 6.49. The molecule has 0 saturated heterocycles. The number of para-hydroxylation sites is 5. The van der Waals surface area contributed by atoms with Gasteiger partial charge in [0.15, 0.2) is 0 Å². The van der Waals surface area contributed by atoms with Crippen molar-refractivity contribution in [1.29, 1.82) is 0 Å². The molecule has 320 valence electrons. The summed E-state index contributed by atoms with van der Waals surface area (Å²) in [5, 5.41) is 7.05. The number of rotatable bonds is 7. The van der Waals surface area contributed by atoms with Crippen molar-refractivity contribution in [2.45, 2.75) is 6.92 Å². The van der Waals surface area contributed by atoms with Gasteiger partial charge in [0.05, 0.1) is 33.4 Å². The Balaban J connectivity index is 0.00000456. The monoisotopic (exact) mass is 1030 g/mol. The third-order valence-electron chi connectivity index (χ3n) is 12.8. The van der Waals surface area contributed by atoms with Crippen LogP contribution in [-0.2, 0) is 21.1 Å². The molecule has 0 amide bonds. The Morgan fingerprint density at radius 3 is 1.53 bits per heavy atom. The summed E-state index contributed by atoms with van der Waals surface area (Å²) in [4.78, 5) is 9.40. The second-order valence-corrected chi connectivity index (χ2v) is 16.7. The third kappa shape index (κ3) is 6.18. The van der Waals surface area contributed by atoms with E-state index in [2.05, 4.69) is 191 Å². The number of hydrogen-bond acceptors (Lipinski definition) is 4. The second kappa shape index (κ2) is 15.7. The van der Waals surface area contributed by atoms with Gasteiger partial charge in [0.2, 0.25) is 0 Å². The van der Waals surface area contributed by atoms with Crippen LogP contribution in [0.15, 0.2) is 195 Å². The first kappa shape index (κ1) is 39.7. The van der Waals surface area contributed by atoms with E-state index in [4.69, 9.17) is 9.72 Å². The molecule has 8 heteroatoms. The smallest absolute Gasteiger partial charge is 0.135 e. The Kier molecular flexibility index (Phi) is 9.44. The second-order valence-electron chi connectivity index (χ2n) is 16.7. The van der Waals surface area contributed by atoms with Gasteiger partial charge in [-0.05, 0) is 85.9 Å². The quantitative estimate of drug-likeness (QED) is 0.149. The van der Waals surface area contributed by atoms with Crippen molar-refractivity contribution in [3.63, 3.8) is 0 Å². The zero-order valence-electron chi connectivity index (χ0n) is 36.0. The Morgan fingerprint density at radius 2 is 1.00 bits per heavy atom. The van der Waals surface area contributed by atoms with Crippen LogP contribution in [0.3, 0.4) is 0 Å². The summed E-state index contributed by atoms with van der Waals surface area (Å²) in [6.07, 6.45) is 6.07. The Bertz CT molecular complexity index is 3680. The van der Waals surface area contributed by atoms with Crippen LogP contribution in [0.4, 0.5) is 5.69 Å². The van der Waals surface area contributed by atoms with Gasteiger partial charge in [-0.25, -0.2) is 4.98 Å². The number of ether oxygens (including phenoxy) is 1. The molecule has 0 N–H and O–H groups in total. The normalized spacial score (nSPS) is 12.7. The number of aromatic nitrogens is 4. The summed E-state index contributed by atoms with van der Waals surface area (Å²) in [7, 11) is 2.00. The van der Waals surface area contributed by atoms with Crippen molar-refractivity contribution in [3.8, 4) is 39.8 Å². The number of nitrogens with zero attached hydrogens (tertiary/aromatic N) is 6. The largest absolute Gasteiger partial charge is 0.510 e. The van der Waals surface area contributed by atoms with Crippen molar-refractivity contribution < 1.29 is 25.8 Å². The SMILES string of the molecule is Cc1cc(-n2c3[c-]c(Oc4[c-]c(N5C=CN(C)[CH-]5)ccc4)ccc3c3ccccc32)ncc1-c1c(-n2c3ccccc3c3ccccc32)cccc1-n1c2ccccc2c2ccccc21.[Pt]. The summed E-state index contributed by atoms with van der Waals surface area (Å²) in [6.45, 7) is 4.21. The molecule has 4 aromatic heterocycles. The summed E-state index contributed by atoms with van der Waals surface area (Å²) in [6, 6.07) is 69.4. The molecule has 0 aliphatic carbocycles. The molecule has 0 saturated carbocycles. The zero-order chi connectivity index (χ0) is 43.2. The molecule has 0 atom stereocenters. The summed E-state index contributed by atoms with van der Waals surface area (Å²) in [5.41, 5.74) is 12.8. The summed E-state index contributed by atoms with van der Waals surface area (Å²) >= 11 is 0. The molecule has 8 aromatic carbocycles. The molecule has 0 unspecified atom stereocenters. The van der Waals surface area contributed by atoms with Crippen LogP contribution in [-0.4, -0.2) is 30.6 Å². The summed E-state index contributed by atoms with van der Waals surface area (Å²) < 4.78 is 13.6. The van der Waals surface area contributed by atoms with E-state index >= 15 is 0 Å². The van der Waals surface area contributed by atoms with Gasteiger partial charge in [-0.15, -0.1) is 41.4 Å². The number of fused-ring (bicyclic) bond motifs is 9. The average molecular weight is 1030 g/mol. The van der Waals surface area contributed by atoms with Crippen molar-refractivity contribution in [3.05, 3.63) is 219 Å². The van der Waals surface area contributed by atoms with E-state index in [1.165, 1.54) is 21.5 Å². The topological polar surface area (TPSA) is 43.4 Å². The predicted octanol–water partition coefficient (Wildman–Crippen LogP) is 14.1. The minimum Gasteiger partial charge on any atom is -0.510 e. The van der Waals surface area contributed by atoms with Crippen LogP contribution in [0, 0.1) is 25.7 Å². The van der Waals surface area contributed by atoms with Crippen LogP contribution < -0.4 is 9.64 Å². The van der Waals surface area contributed by atoms with E-state index in [0.29, 0.717) is 11.5 Å². The maximum Gasteiger partial charge on any atom is 0.135 e. The molecule has 0 bridgehead atoms. The molecule has 7 nitrogen and oxygen atoms in total. The number of benzene rings is 8. The van der Waals surface area contributed by atoms with Gasteiger partial charge in [0.1, 0.15) is 5.82 Å². The van der Waals surface area contributed by atoms with Crippen molar-refractivity contribution >= 4 is 71.1 Å². The van der Waals surface area contributed by atoms with E-state index in [-0.39, 0.29) is 21.1 Å². The third-order valence-corrected chi connectivity index (χ3v) is 12.8. The Labute approximate surface area is 395 Å². The molecule has 5 heterocycles. The minimum atomic E-state index is 0. The Hall–Kier alpha value is -7.86. The van der Waals surface area contributed by atoms with Crippen molar-refractivity contribution in [2.24, 2.45) is 0 Å².